The molecule has 0 N–H and O–H groups in total. The van der Waals surface area contributed by atoms with E-state index >= 15 is 0 Å². The Bertz CT molecular complexity index is 842. The van der Waals surface area contributed by atoms with Crippen molar-refractivity contribution in [3.63, 3.8) is 0 Å². The third-order valence-electron chi connectivity index (χ3n) is 5.33. The Morgan fingerprint density at radius 2 is 1.89 bits per heavy atom. The first kappa shape index (κ1) is 21.1. The Hall–Kier alpha value is -1.63. The summed E-state index contributed by atoms with van der Waals surface area (Å²) in [6.45, 7) is 8.67. The van der Waals surface area contributed by atoms with Gasteiger partial charge in [-0.15, -0.1) is 0 Å². The van der Waals surface area contributed by atoms with E-state index in [-0.39, 0.29) is 17.8 Å². The molecule has 28 heavy (non-hydrogen) atoms. The molecule has 1 aromatic heterocycles. The molecule has 1 unspecified atom stereocenters. The van der Waals surface area contributed by atoms with Crippen molar-refractivity contribution in [1.82, 2.24) is 19.6 Å². The highest BCUT2D eigenvalue weighted by Crippen LogP contribution is 2.26. The molecule has 0 bridgehead atoms. The van der Waals surface area contributed by atoms with E-state index < -0.39 is 0 Å². The number of aryl methyl sites for hydroxylation is 1. The van der Waals surface area contributed by atoms with Crippen molar-refractivity contribution in [2.75, 3.05) is 26.2 Å². The summed E-state index contributed by atoms with van der Waals surface area (Å²) >= 11 is 12.4. The number of hydrogen-bond acceptors (Lipinski definition) is 3. The highest BCUT2D eigenvalue weighted by Gasteiger charge is 2.30. The second kappa shape index (κ2) is 8.80. The molecule has 5 nitrogen and oxygen atoms in total. The maximum Gasteiger partial charge on any atom is 0.247 e. The molecule has 2 aromatic rings. The third-order valence-corrected chi connectivity index (χ3v) is 6.23. The molecular formula is C20H25Cl2FN4O. The minimum atomic E-state index is -0.362. The van der Waals surface area contributed by atoms with Crippen molar-refractivity contribution in [3.8, 4) is 0 Å². The average molecular weight is 427 g/mol. The SMILES string of the molecule is CCC(C(=O)N1CCN(Cc2c(F)cccc2Cl)CC1)n1nc(C)c(Cl)c1C. The van der Waals surface area contributed by atoms with Crippen molar-refractivity contribution in [3.05, 3.63) is 51.0 Å². The fourth-order valence-electron chi connectivity index (χ4n) is 3.64. The fraction of sp³-hybridized carbons (Fsp3) is 0.500. The highest BCUT2D eigenvalue weighted by atomic mass is 35.5. The number of amides is 1. The molecule has 1 amide bonds. The molecular weight excluding hydrogens is 402 g/mol. The van der Waals surface area contributed by atoms with Crippen LogP contribution in [0.5, 0.6) is 0 Å². The van der Waals surface area contributed by atoms with Crippen LogP contribution in [0.15, 0.2) is 18.2 Å². The molecule has 1 saturated heterocycles. The van der Waals surface area contributed by atoms with Gasteiger partial charge in [0.1, 0.15) is 11.9 Å². The van der Waals surface area contributed by atoms with Gasteiger partial charge >= 0.3 is 0 Å². The summed E-state index contributed by atoms with van der Waals surface area (Å²) < 4.78 is 15.8. The van der Waals surface area contributed by atoms with Crippen LogP contribution >= 0.6 is 23.2 Å². The van der Waals surface area contributed by atoms with Gasteiger partial charge < -0.3 is 4.90 Å². The van der Waals surface area contributed by atoms with Crippen LogP contribution < -0.4 is 0 Å². The Morgan fingerprint density at radius 1 is 1.21 bits per heavy atom. The molecule has 1 aromatic carbocycles. The maximum atomic E-state index is 14.0. The smallest absolute Gasteiger partial charge is 0.247 e. The molecule has 3 rings (SSSR count). The number of benzene rings is 1. The van der Waals surface area contributed by atoms with Crippen molar-refractivity contribution >= 4 is 29.1 Å². The topological polar surface area (TPSA) is 41.4 Å². The summed E-state index contributed by atoms with van der Waals surface area (Å²) in [6, 6.07) is 4.37. The zero-order valence-corrected chi connectivity index (χ0v) is 17.9. The molecule has 2 heterocycles. The highest BCUT2D eigenvalue weighted by molar-refractivity contribution is 6.32. The number of hydrogen-bond donors (Lipinski definition) is 0. The van der Waals surface area contributed by atoms with Crippen LogP contribution in [0.3, 0.4) is 0 Å². The monoisotopic (exact) mass is 426 g/mol. The van der Waals surface area contributed by atoms with Crippen LogP contribution in [-0.4, -0.2) is 51.7 Å². The summed E-state index contributed by atoms with van der Waals surface area (Å²) in [7, 11) is 0. The molecule has 1 aliphatic heterocycles. The lowest BCUT2D eigenvalue weighted by Gasteiger charge is -2.36. The van der Waals surface area contributed by atoms with Gasteiger partial charge in [0.2, 0.25) is 5.91 Å². The van der Waals surface area contributed by atoms with E-state index in [9.17, 15) is 9.18 Å². The number of aromatic nitrogens is 2. The van der Waals surface area contributed by atoms with Gasteiger partial charge in [0.05, 0.1) is 16.4 Å². The molecule has 0 spiro atoms. The Kier molecular flexibility index (Phi) is 6.63. The van der Waals surface area contributed by atoms with Crippen molar-refractivity contribution < 1.29 is 9.18 Å². The lowest BCUT2D eigenvalue weighted by Crippen LogP contribution is -2.50. The fourth-order valence-corrected chi connectivity index (χ4v) is 3.99. The summed E-state index contributed by atoms with van der Waals surface area (Å²) in [4.78, 5) is 17.1. The van der Waals surface area contributed by atoms with Gasteiger partial charge in [0, 0.05) is 43.3 Å². The van der Waals surface area contributed by atoms with Crippen LogP contribution in [0.2, 0.25) is 10.0 Å². The number of carbonyl (C=O) groups excluding carboxylic acids is 1. The van der Waals surface area contributed by atoms with Gasteiger partial charge in [-0.05, 0) is 32.4 Å². The van der Waals surface area contributed by atoms with Crippen LogP contribution in [0.1, 0.15) is 36.3 Å². The van der Waals surface area contributed by atoms with Crippen LogP contribution in [0.25, 0.3) is 0 Å². The number of halogens is 3. The number of carbonyl (C=O) groups is 1. The predicted octanol–water partition coefficient (Wildman–Crippen LogP) is 4.24. The standard InChI is InChI=1S/C20H25Cl2FN4O/c1-4-18(27-14(3)19(22)13(2)24-27)20(28)26-10-8-25(9-11-26)12-15-16(21)6-5-7-17(15)23/h5-7,18H,4,8-12H2,1-3H3. The van der Waals surface area contributed by atoms with Crippen LogP contribution in [-0.2, 0) is 11.3 Å². The van der Waals surface area contributed by atoms with E-state index in [1.807, 2.05) is 25.7 Å². The predicted molar refractivity (Wildman–Crippen MR) is 109 cm³/mol. The molecule has 1 fully saturated rings. The molecule has 1 aliphatic rings. The van der Waals surface area contributed by atoms with Gasteiger partial charge in [0.15, 0.2) is 0 Å². The quantitative estimate of drug-likeness (QED) is 0.717. The van der Waals surface area contributed by atoms with Gasteiger partial charge in [0.25, 0.3) is 0 Å². The third kappa shape index (κ3) is 4.19. The molecule has 0 saturated carbocycles. The zero-order chi connectivity index (χ0) is 20.4. The Labute approximate surface area is 175 Å². The van der Waals surface area contributed by atoms with Crippen LogP contribution in [0, 0.1) is 19.7 Å². The van der Waals surface area contributed by atoms with Gasteiger partial charge in [-0.25, -0.2) is 4.39 Å². The molecule has 8 heteroatoms. The first-order chi connectivity index (χ1) is 13.3. The van der Waals surface area contributed by atoms with E-state index in [0.29, 0.717) is 54.8 Å². The van der Waals surface area contributed by atoms with Gasteiger partial charge in [-0.1, -0.05) is 36.2 Å². The molecule has 0 radical (unpaired) electrons. The maximum absolute atomic E-state index is 14.0. The Morgan fingerprint density at radius 3 is 2.43 bits per heavy atom. The number of rotatable bonds is 5. The minimum absolute atomic E-state index is 0.0494. The summed E-state index contributed by atoms with van der Waals surface area (Å²) in [5.74, 6) is -0.244. The molecule has 1 atom stereocenters. The van der Waals surface area contributed by atoms with E-state index in [1.54, 1.807) is 16.8 Å². The number of piperazine rings is 1. The average Bonchev–Trinajstić information content (AvgIpc) is 2.93. The van der Waals surface area contributed by atoms with Crippen molar-refractivity contribution in [2.24, 2.45) is 0 Å². The van der Waals surface area contributed by atoms with Gasteiger partial charge in [-0.2, -0.15) is 5.10 Å². The lowest BCUT2D eigenvalue weighted by atomic mass is 10.1. The first-order valence-corrected chi connectivity index (χ1v) is 10.2. The zero-order valence-electron chi connectivity index (χ0n) is 16.4. The molecule has 152 valence electrons. The normalized spacial score (nSPS) is 16.4. The minimum Gasteiger partial charge on any atom is -0.338 e. The largest absolute Gasteiger partial charge is 0.338 e. The second-order valence-corrected chi connectivity index (χ2v) is 7.94. The van der Waals surface area contributed by atoms with Crippen LogP contribution in [0.4, 0.5) is 4.39 Å². The second-order valence-electron chi connectivity index (χ2n) is 7.16. The summed E-state index contributed by atoms with van der Waals surface area (Å²) in [5, 5.41) is 5.50. The van der Waals surface area contributed by atoms with E-state index in [2.05, 4.69) is 10.00 Å². The first-order valence-electron chi connectivity index (χ1n) is 9.48. The number of nitrogens with zero attached hydrogens (tertiary/aromatic N) is 4. The van der Waals surface area contributed by atoms with E-state index in [1.165, 1.54) is 6.07 Å². The lowest BCUT2D eigenvalue weighted by molar-refractivity contribution is -0.137. The van der Waals surface area contributed by atoms with E-state index in [4.69, 9.17) is 23.2 Å². The summed E-state index contributed by atoms with van der Waals surface area (Å²) in [6.07, 6.45) is 0.641. The summed E-state index contributed by atoms with van der Waals surface area (Å²) in [5.41, 5.74) is 2.05. The van der Waals surface area contributed by atoms with E-state index in [0.717, 1.165) is 11.4 Å². The van der Waals surface area contributed by atoms with Crippen molar-refractivity contribution in [1.29, 1.82) is 0 Å². The van der Waals surface area contributed by atoms with Crippen molar-refractivity contribution in [2.45, 2.75) is 39.8 Å². The Balaban J connectivity index is 1.65. The molecule has 0 aliphatic carbocycles. The van der Waals surface area contributed by atoms with Gasteiger partial charge in [-0.3, -0.25) is 14.4 Å².